The van der Waals surface area contributed by atoms with Crippen LogP contribution in [0.4, 0.5) is 0 Å². The number of aliphatic imine (C=N–C) groups is 2. The number of carbonyl (C=O) groups is 10. The number of aromatic hydroxyl groups is 1. The Morgan fingerprint density at radius 1 is 0.500 bits per heavy atom. The molecule has 0 aromatic heterocycles. The average Bonchev–Trinajstić information content (AvgIpc) is 1.82. The third-order valence-corrected chi connectivity index (χ3v) is 15.7. The third-order valence-electron chi connectivity index (χ3n) is 15.7. The van der Waals surface area contributed by atoms with Crippen molar-refractivity contribution in [3.05, 3.63) is 29.8 Å². The summed E-state index contributed by atoms with van der Waals surface area (Å²) in [5.74, 6) is -9.11. The molecule has 0 spiro atoms. The molecule has 0 aliphatic carbocycles. The first-order valence-electron chi connectivity index (χ1n) is 31.5. The summed E-state index contributed by atoms with van der Waals surface area (Å²) < 4.78 is 0. The minimum Gasteiger partial charge on any atom is -0.508 e. The van der Waals surface area contributed by atoms with Crippen LogP contribution < -0.4 is 83.1 Å². The minimum absolute atomic E-state index is 0.0234. The summed E-state index contributed by atoms with van der Waals surface area (Å²) in [5.41, 5.74) is 46.2. The van der Waals surface area contributed by atoms with Crippen LogP contribution in [-0.2, 0) is 54.4 Å². The minimum atomic E-state index is -1.31. The summed E-state index contributed by atoms with van der Waals surface area (Å²) in [7, 11) is 0. The zero-order chi connectivity index (χ0) is 67.0. The van der Waals surface area contributed by atoms with Gasteiger partial charge in [-0.3, -0.25) is 53.1 Å². The number of carbonyl (C=O) groups excluding carboxylic acids is 9. The molecule has 31 nitrogen and oxygen atoms in total. The third kappa shape index (κ3) is 25.9. The number of benzene rings is 1. The van der Waals surface area contributed by atoms with E-state index in [1.807, 2.05) is 0 Å². The van der Waals surface area contributed by atoms with Gasteiger partial charge in [-0.15, -0.1) is 0 Å². The molecule has 9 amide bonds. The van der Waals surface area contributed by atoms with Crippen molar-refractivity contribution >= 4 is 71.1 Å². The van der Waals surface area contributed by atoms with Gasteiger partial charge in [-0.1, -0.05) is 46.2 Å². The molecule has 506 valence electrons. The van der Waals surface area contributed by atoms with Gasteiger partial charge in [-0.2, -0.15) is 0 Å². The number of carboxylic acid groups (broad SMARTS) is 1. The molecule has 10 atom stereocenters. The van der Waals surface area contributed by atoms with Crippen LogP contribution >= 0.6 is 0 Å². The second-order valence-electron chi connectivity index (χ2n) is 23.7. The Labute approximate surface area is 527 Å². The number of nitrogens with one attached hydrogen (secondary N) is 7. The first-order valence-corrected chi connectivity index (χ1v) is 31.5. The van der Waals surface area contributed by atoms with Crippen molar-refractivity contribution in [3.8, 4) is 5.75 Å². The van der Waals surface area contributed by atoms with E-state index < -0.39 is 131 Å². The fourth-order valence-corrected chi connectivity index (χ4v) is 10.7. The van der Waals surface area contributed by atoms with Crippen LogP contribution in [0.25, 0.3) is 0 Å². The van der Waals surface area contributed by atoms with Gasteiger partial charge in [0.25, 0.3) is 0 Å². The van der Waals surface area contributed by atoms with Crippen molar-refractivity contribution in [3.63, 3.8) is 0 Å². The normalized spacial score (nSPS) is 17.3. The monoisotopic (exact) mass is 1270 g/mol. The first-order chi connectivity index (χ1) is 42.7. The van der Waals surface area contributed by atoms with Crippen LogP contribution in [0.2, 0.25) is 0 Å². The Hall–Kier alpha value is -7.90. The molecule has 0 bridgehead atoms. The molecule has 2 fully saturated rings. The van der Waals surface area contributed by atoms with Crippen molar-refractivity contribution in [1.82, 2.24) is 47.0 Å². The molecule has 2 saturated heterocycles. The highest BCUT2D eigenvalue weighted by atomic mass is 16.4. The maximum Gasteiger partial charge on any atom is 0.326 e. The molecule has 1 aromatic rings. The highest BCUT2D eigenvalue weighted by molar-refractivity contribution is 5.99. The largest absolute Gasteiger partial charge is 0.508 e. The van der Waals surface area contributed by atoms with Gasteiger partial charge < -0.3 is 103 Å². The molecule has 2 heterocycles. The van der Waals surface area contributed by atoms with Gasteiger partial charge in [-0.25, -0.2) is 4.79 Å². The second-order valence-corrected chi connectivity index (χ2v) is 23.7. The quantitative estimate of drug-likeness (QED) is 0.0172. The van der Waals surface area contributed by atoms with E-state index in [0.717, 1.165) is 0 Å². The van der Waals surface area contributed by atoms with Gasteiger partial charge in [-0.05, 0) is 152 Å². The molecule has 31 heteroatoms. The number of likely N-dealkylation sites (tertiary alicyclic amines) is 2. The Morgan fingerprint density at radius 3 is 1.37 bits per heavy atom. The van der Waals surface area contributed by atoms with Crippen LogP contribution in [-0.4, -0.2) is 197 Å². The summed E-state index contributed by atoms with van der Waals surface area (Å²) in [5, 5.41) is 39.1. The smallest absolute Gasteiger partial charge is 0.326 e. The lowest BCUT2D eigenvalue weighted by atomic mass is 9.99. The molecule has 90 heavy (non-hydrogen) atoms. The standard InChI is InChI=1S/C59H103N19O12/c1-34(2)46(54(86)74-43(33-36-22-24-37(79)25-23-36)56(88)78-32-14-21-45(78)57(89)90)75-51(83)40(17-7-10-28-62)72-53(85)47(35(3)4)76-52(84)44-20-13-31-77(44)55(87)42(19-12-30-69-59(66)67)73-50(82)41(18-11-29-68-58(64)65)71-49(81)39(16-6-9-27-61)70-48(80)38(63)15-5-8-26-60/h22-25,34-35,38-47,79H,5-21,26-33,60-63H2,1-4H3,(H,70,80)(H,71,81)(H,72,85)(H,73,82)(H,74,86)(H,75,83)(H,76,84)(H,89,90)(H4,64,65,68)(H4,66,67,69)/t38-,39-,40-,41-,42-,43-,44-,45-,46-,47-/m0/s1. The van der Waals surface area contributed by atoms with E-state index in [9.17, 15) is 58.2 Å². The maximum atomic E-state index is 14.8. The zero-order valence-corrected chi connectivity index (χ0v) is 52.8. The predicted molar refractivity (Wildman–Crippen MR) is 339 cm³/mol. The average molecular weight is 1270 g/mol. The molecule has 1 aromatic carbocycles. The van der Waals surface area contributed by atoms with E-state index in [-0.39, 0.29) is 108 Å². The van der Waals surface area contributed by atoms with Crippen molar-refractivity contribution in [1.29, 1.82) is 0 Å². The van der Waals surface area contributed by atoms with Gasteiger partial charge in [0, 0.05) is 32.6 Å². The Morgan fingerprint density at radius 2 is 0.889 bits per heavy atom. The number of hydrogen-bond donors (Lipinski definition) is 17. The van der Waals surface area contributed by atoms with Crippen molar-refractivity contribution < 1.29 is 58.2 Å². The van der Waals surface area contributed by atoms with E-state index in [1.54, 1.807) is 39.8 Å². The summed E-state index contributed by atoms with van der Waals surface area (Å²) in [6.45, 7) is 8.04. The van der Waals surface area contributed by atoms with E-state index in [0.29, 0.717) is 76.4 Å². The predicted octanol–water partition coefficient (Wildman–Crippen LogP) is -3.47. The molecular weight excluding hydrogens is 1170 g/mol. The number of hydrogen-bond acceptors (Lipinski definition) is 17. The fourth-order valence-electron chi connectivity index (χ4n) is 10.7. The molecule has 2 aliphatic rings. The summed E-state index contributed by atoms with van der Waals surface area (Å²) in [6, 6.07) is -6.04. The Balaban J connectivity index is 1.90. The van der Waals surface area contributed by atoms with E-state index >= 15 is 0 Å². The number of carboxylic acids is 1. The number of rotatable bonds is 41. The second kappa shape index (κ2) is 40.0. The lowest BCUT2D eigenvalue weighted by Gasteiger charge is -2.32. The Kier molecular flexibility index (Phi) is 33.9. The molecule has 0 radical (unpaired) electrons. The van der Waals surface area contributed by atoms with Crippen LogP contribution in [0.15, 0.2) is 34.3 Å². The number of aliphatic carboxylic acids is 1. The lowest BCUT2D eigenvalue weighted by Crippen LogP contribution is -2.61. The highest BCUT2D eigenvalue weighted by Crippen LogP contribution is 2.23. The number of nitrogens with zero attached hydrogens (tertiary/aromatic N) is 4. The molecule has 2 aliphatic heterocycles. The molecule has 3 rings (SSSR count). The Bertz CT molecular complexity index is 2570. The summed E-state index contributed by atoms with van der Waals surface area (Å²) >= 11 is 0. The van der Waals surface area contributed by atoms with Crippen LogP contribution in [0, 0.1) is 11.8 Å². The van der Waals surface area contributed by atoms with Gasteiger partial charge in [0.15, 0.2) is 11.9 Å². The van der Waals surface area contributed by atoms with Gasteiger partial charge >= 0.3 is 5.97 Å². The maximum absolute atomic E-state index is 14.8. The molecule has 0 unspecified atom stereocenters. The zero-order valence-electron chi connectivity index (χ0n) is 52.8. The van der Waals surface area contributed by atoms with Crippen LogP contribution in [0.5, 0.6) is 5.75 Å². The van der Waals surface area contributed by atoms with E-state index in [2.05, 4.69) is 47.2 Å². The lowest BCUT2D eigenvalue weighted by molar-refractivity contribution is -0.149. The molecule has 0 saturated carbocycles. The number of phenolic OH excluding ortho intramolecular Hbond substituents is 1. The van der Waals surface area contributed by atoms with Crippen molar-refractivity contribution in [2.24, 2.45) is 67.7 Å². The number of unbranched alkanes of at least 4 members (excludes halogenated alkanes) is 3. The van der Waals surface area contributed by atoms with Crippen LogP contribution in [0.1, 0.15) is 142 Å². The van der Waals surface area contributed by atoms with Gasteiger partial charge in [0.2, 0.25) is 53.2 Å². The van der Waals surface area contributed by atoms with Crippen molar-refractivity contribution in [2.75, 3.05) is 45.8 Å². The van der Waals surface area contributed by atoms with Gasteiger partial charge in [0.1, 0.15) is 60.1 Å². The number of guanidine groups is 2. The summed E-state index contributed by atoms with van der Waals surface area (Å²) in [6.07, 6.45) is 5.01. The fraction of sp³-hybridized carbons (Fsp3) is 0.695. The van der Waals surface area contributed by atoms with E-state index in [4.69, 9.17) is 45.9 Å². The SMILES string of the molecule is CC(C)[C@H](NC(=O)[C@H](CCCCN)NC(=O)[C@@H](NC(=O)[C@@H]1CCCN1C(=O)[C@H](CCCN=C(N)N)NC(=O)[C@H](CCCN=C(N)N)NC(=O)[C@H](CCCCN)NC(=O)[C@@H](N)CCCCN)C(C)C)C(=O)N[C@@H](Cc1ccc(O)cc1)C(=O)N1CCC[C@H]1C(=O)O. The topological polar surface area (TPSA) is 535 Å². The van der Waals surface area contributed by atoms with Crippen molar-refractivity contribution in [2.45, 2.75) is 204 Å². The number of phenols is 1. The molecule has 25 N–H and O–H groups in total. The first kappa shape index (κ1) is 76.3. The molecular formula is C59H103N19O12. The number of nitrogens with two attached hydrogens (primary N) is 8. The van der Waals surface area contributed by atoms with E-state index in [1.165, 1.54) is 21.9 Å². The van der Waals surface area contributed by atoms with Gasteiger partial charge in [0.05, 0.1) is 6.04 Å². The summed E-state index contributed by atoms with van der Waals surface area (Å²) in [4.78, 5) is 151. The van der Waals surface area contributed by atoms with Crippen LogP contribution in [0.3, 0.4) is 0 Å². The number of amides is 9. The highest BCUT2D eigenvalue weighted by Gasteiger charge is 2.42.